The quantitative estimate of drug-likeness (QED) is 0.660. The van der Waals surface area contributed by atoms with Gasteiger partial charge in [0.2, 0.25) is 11.4 Å². The van der Waals surface area contributed by atoms with Crippen LogP contribution in [0.25, 0.3) is 22.6 Å². The minimum Gasteiger partial charge on any atom is -0.436 e. The second kappa shape index (κ2) is 6.56. The fraction of sp³-hybridized carbons (Fsp3) is 0.200. The SMILES string of the molecule is CCSc1c[nH]c(=O)cc1-c1nc2cc(SC(F)(F)F)ccc2o1. The minimum atomic E-state index is -4.36. The van der Waals surface area contributed by atoms with E-state index in [0.717, 1.165) is 10.6 Å². The Morgan fingerprint density at radius 2 is 2.08 bits per heavy atom. The molecule has 3 rings (SSSR count). The molecule has 0 aliphatic heterocycles. The lowest BCUT2D eigenvalue weighted by Crippen LogP contribution is -2.04. The molecule has 4 nitrogen and oxygen atoms in total. The fourth-order valence-corrected chi connectivity index (χ4v) is 3.45. The van der Waals surface area contributed by atoms with Crippen molar-refractivity contribution in [3.8, 4) is 11.5 Å². The number of H-pyrrole nitrogens is 1. The summed E-state index contributed by atoms with van der Waals surface area (Å²) in [5.74, 6) is 0.993. The molecule has 24 heavy (non-hydrogen) atoms. The molecular weight excluding hydrogens is 361 g/mol. The molecule has 126 valence electrons. The van der Waals surface area contributed by atoms with Gasteiger partial charge in [0.05, 0.1) is 5.56 Å². The van der Waals surface area contributed by atoms with Crippen molar-refractivity contribution < 1.29 is 17.6 Å². The summed E-state index contributed by atoms with van der Waals surface area (Å²) in [6.45, 7) is 1.96. The summed E-state index contributed by atoms with van der Waals surface area (Å²) in [7, 11) is 0. The number of oxazole rings is 1. The number of nitrogens with one attached hydrogen (secondary N) is 1. The highest BCUT2D eigenvalue weighted by Crippen LogP contribution is 2.38. The molecule has 0 spiro atoms. The van der Waals surface area contributed by atoms with Gasteiger partial charge in [-0.1, -0.05) is 6.92 Å². The van der Waals surface area contributed by atoms with Crippen LogP contribution < -0.4 is 5.56 Å². The van der Waals surface area contributed by atoms with E-state index in [2.05, 4.69) is 9.97 Å². The van der Waals surface area contributed by atoms with Crippen LogP contribution in [-0.2, 0) is 0 Å². The maximum atomic E-state index is 12.5. The van der Waals surface area contributed by atoms with Gasteiger partial charge in [0, 0.05) is 22.1 Å². The number of nitrogens with zero attached hydrogens (tertiary/aromatic N) is 1. The lowest BCUT2D eigenvalue weighted by molar-refractivity contribution is -0.0328. The molecule has 9 heteroatoms. The van der Waals surface area contributed by atoms with Gasteiger partial charge >= 0.3 is 5.51 Å². The summed E-state index contributed by atoms with van der Waals surface area (Å²) in [4.78, 5) is 19.2. The molecule has 3 aromatic rings. The van der Waals surface area contributed by atoms with Crippen LogP contribution in [0.2, 0.25) is 0 Å². The molecule has 0 fully saturated rings. The lowest BCUT2D eigenvalue weighted by Gasteiger charge is -2.04. The lowest BCUT2D eigenvalue weighted by atomic mass is 10.2. The minimum absolute atomic E-state index is 0.0314. The zero-order valence-electron chi connectivity index (χ0n) is 12.3. The van der Waals surface area contributed by atoms with Gasteiger partial charge in [-0.25, -0.2) is 4.98 Å². The average Bonchev–Trinajstić information content (AvgIpc) is 2.90. The number of pyridine rings is 1. The van der Waals surface area contributed by atoms with Gasteiger partial charge in [0.1, 0.15) is 5.52 Å². The van der Waals surface area contributed by atoms with E-state index in [9.17, 15) is 18.0 Å². The highest BCUT2D eigenvalue weighted by atomic mass is 32.2. The average molecular weight is 372 g/mol. The van der Waals surface area contributed by atoms with Crippen molar-refractivity contribution in [3.05, 3.63) is 40.8 Å². The highest BCUT2D eigenvalue weighted by Gasteiger charge is 2.29. The van der Waals surface area contributed by atoms with Gasteiger partial charge in [-0.2, -0.15) is 13.2 Å². The first-order chi connectivity index (χ1) is 11.4. The van der Waals surface area contributed by atoms with Crippen LogP contribution >= 0.6 is 23.5 Å². The standard InChI is InChI=1S/C15H11F3N2O2S2/c1-2-23-12-7-19-13(21)6-9(12)14-20-10-5-8(24-15(16,17)18)3-4-11(10)22-14/h3-7H,2H2,1H3,(H,19,21). The van der Waals surface area contributed by atoms with Gasteiger partial charge in [-0.3, -0.25) is 4.79 Å². The first kappa shape index (κ1) is 17.0. The number of alkyl halides is 3. The molecule has 0 amide bonds. The Morgan fingerprint density at radius 3 is 2.79 bits per heavy atom. The molecule has 1 N–H and O–H groups in total. The molecule has 0 aliphatic carbocycles. The van der Waals surface area contributed by atoms with Gasteiger partial charge in [-0.15, -0.1) is 11.8 Å². The number of rotatable bonds is 4. The Kier molecular flexibility index (Phi) is 4.64. The number of halogens is 3. The van der Waals surface area contributed by atoms with Crippen LogP contribution in [-0.4, -0.2) is 21.2 Å². The maximum Gasteiger partial charge on any atom is 0.446 e. The van der Waals surface area contributed by atoms with E-state index in [1.54, 1.807) is 6.20 Å². The van der Waals surface area contributed by atoms with Crippen LogP contribution in [0.3, 0.4) is 0 Å². The van der Waals surface area contributed by atoms with E-state index in [-0.39, 0.29) is 28.1 Å². The molecule has 0 aliphatic rings. The number of thioether (sulfide) groups is 2. The van der Waals surface area contributed by atoms with E-state index in [4.69, 9.17) is 4.42 Å². The fourth-order valence-electron chi connectivity index (χ4n) is 2.12. The van der Waals surface area contributed by atoms with Crippen LogP contribution in [0.1, 0.15) is 6.92 Å². The number of hydrogen-bond acceptors (Lipinski definition) is 5. The predicted octanol–water partition coefficient (Wildman–Crippen LogP) is 4.91. The molecule has 0 saturated heterocycles. The molecule has 2 aromatic heterocycles. The number of aromatic amines is 1. The third-order valence-corrected chi connectivity index (χ3v) is 4.67. The van der Waals surface area contributed by atoms with Crippen molar-refractivity contribution in [1.29, 1.82) is 0 Å². The molecule has 0 unspecified atom stereocenters. The zero-order chi connectivity index (χ0) is 17.3. The summed E-state index contributed by atoms with van der Waals surface area (Å²) in [5.41, 5.74) is -3.47. The Labute approximate surface area is 142 Å². The van der Waals surface area contributed by atoms with E-state index < -0.39 is 5.51 Å². The van der Waals surface area contributed by atoms with Crippen LogP contribution in [0.4, 0.5) is 13.2 Å². The Morgan fingerprint density at radius 1 is 1.29 bits per heavy atom. The van der Waals surface area contributed by atoms with Crippen molar-refractivity contribution in [1.82, 2.24) is 9.97 Å². The van der Waals surface area contributed by atoms with Crippen LogP contribution in [0.15, 0.2) is 49.5 Å². The molecule has 0 radical (unpaired) electrons. The summed E-state index contributed by atoms with van der Waals surface area (Å²) in [5, 5.41) is 0. The zero-order valence-corrected chi connectivity index (χ0v) is 13.9. The molecule has 0 saturated carbocycles. The van der Waals surface area contributed by atoms with Crippen molar-refractivity contribution >= 4 is 34.6 Å². The van der Waals surface area contributed by atoms with E-state index in [0.29, 0.717) is 16.7 Å². The van der Waals surface area contributed by atoms with Crippen molar-refractivity contribution in [2.45, 2.75) is 22.2 Å². The van der Waals surface area contributed by atoms with E-state index >= 15 is 0 Å². The molecule has 0 atom stereocenters. The highest BCUT2D eigenvalue weighted by molar-refractivity contribution is 8.00. The van der Waals surface area contributed by atoms with Gasteiger partial charge in [0.25, 0.3) is 0 Å². The van der Waals surface area contributed by atoms with Gasteiger partial charge < -0.3 is 9.40 Å². The number of fused-ring (bicyclic) bond motifs is 1. The second-order valence-electron chi connectivity index (χ2n) is 4.70. The molecule has 0 bridgehead atoms. The van der Waals surface area contributed by atoms with Crippen molar-refractivity contribution in [3.63, 3.8) is 0 Å². The van der Waals surface area contributed by atoms with Crippen molar-refractivity contribution in [2.75, 3.05) is 5.75 Å². The first-order valence-corrected chi connectivity index (χ1v) is 8.68. The predicted molar refractivity (Wildman–Crippen MR) is 88.4 cm³/mol. The topological polar surface area (TPSA) is 58.9 Å². The smallest absolute Gasteiger partial charge is 0.436 e. The summed E-state index contributed by atoms with van der Waals surface area (Å²) >= 11 is 1.30. The maximum absolute atomic E-state index is 12.5. The number of benzene rings is 1. The molecule has 1 aromatic carbocycles. The third-order valence-electron chi connectivity index (χ3n) is 3.01. The van der Waals surface area contributed by atoms with Crippen LogP contribution in [0.5, 0.6) is 0 Å². The summed E-state index contributed by atoms with van der Waals surface area (Å²) < 4.78 is 43.0. The van der Waals surface area contributed by atoms with Gasteiger partial charge in [0.15, 0.2) is 5.58 Å². The third kappa shape index (κ3) is 3.78. The first-order valence-electron chi connectivity index (χ1n) is 6.88. The Bertz CT molecular complexity index is 934. The largest absolute Gasteiger partial charge is 0.446 e. The van der Waals surface area contributed by atoms with Crippen LogP contribution in [0, 0.1) is 0 Å². The monoisotopic (exact) mass is 372 g/mol. The number of aromatic nitrogens is 2. The van der Waals surface area contributed by atoms with Gasteiger partial charge in [-0.05, 0) is 35.7 Å². The molecule has 2 heterocycles. The summed E-state index contributed by atoms with van der Waals surface area (Å²) in [6.07, 6.45) is 1.58. The second-order valence-corrected chi connectivity index (χ2v) is 7.15. The van der Waals surface area contributed by atoms with E-state index in [1.165, 1.54) is 36.0 Å². The van der Waals surface area contributed by atoms with Crippen molar-refractivity contribution in [2.24, 2.45) is 0 Å². The molecular formula is C15H11F3N2O2S2. The summed E-state index contributed by atoms with van der Waals surface area (Å²) in [6, 6.07) is 5.46. The van der Waals surface area contributed by atoms with E-state index in [1.807, 2.05) is 6.92 Å². The normalized spacial score (nSPS) is 12.0. The Balaban J connectivity index is 2.05. The number of hydrogen-bond donors (Lipinski definition) is 1. The Hall–Kier alpha value is -1.87.